The number of halogens is 1. The minimum Gasteiger partial charge on any atom is -0.493 e. The molecule has 0 aliphatic heterocycles. The number of carbonyl (C=O) groups excluding carboxylic acids is 1. The van der Waals surface area contributed by atoms with E-state index in [4.69, 9.17) is 15.2 Å². The second-order valence-corrected chi connectivity index (χ2v) is 4.12. The maximum absolute atomic E-state index is 11.9. The number of benzene rings is 1. The molecule has 0 spiro atoms. The SMILES string of the molecule is COc1ccc(C(=O)C(C)(C)N)cc1OC.Cl. The van der Waals surface area contributed by atoms with Crippen LogP contribution in [0.1, 0.15) is 24.2 Å². The summed E-state index contributed by atoms with van der Waals surface area (Å²) in [5.41, 5.74) is 5.38. The maximum Gasteiger partial charge on any atom is 0.182 e. The highest BCUT2D eigenvalue weighted by atomic mass is 35.5. The Morgan fingerprint density at radius 1 is 1.18 bits per heavy atom. The van der Waals surface area contributed by atoms with E-state index in [0.717, 1.165) is 0 Å². The van der Waals surface area contributed by atoms with Crippen LogP contribution in [0.3, 0.4) is 0 Å². The summed E-state index contributed by atoms with van der Waals surface area (Å²) in [7, 11) is 3.08. The van der Waals surface area contributed by atoms with Gasteiger partial charge >= 0.3 is 0 Å². The third-order valence-corrected chi connectivity index (χ3v) is 2.23. The predicted molar refractivity (Wildman–Crippen MR) is 69.4 cm³/mol. The van der Waals surface area contributed by atoms with Gasteiger partial charge in [-0.25, -0.2) is 0 Å². The van der Waals surface area contributed by atoms with Crippen LogP contribution in [-0.4, -0.2) is 25.5 Å². The summed E-state index contributed by atoms with van der Waals surface area (Å²) in [6.45, 7) is 3.35. The molecule has 0 atom stereocenters. The van der Waals surface area contributed by atoms with Gasteiger partial charge < -0.3 is 15.2 Å². The van der Waals surface area contributed by atoms with Crippen molar-refractivity contribution >= 4 is 18.2 Å². The van der Waals surface area contributed by atoms with Gasteiger partial charge in [0, 0.05) is 5.56 Å². The molecule has 0 aromatic heterocycles. The van der Waals surface area contributed by atoms with Gasteiger partial charge in [0.15, 0.2) is 17.3 Å². The molecule has 0 heterocycles. The van der Waals surface area contributed by atoms with Crippen LogP contribution in [0.15, 0.2) is 18.2 Å². The normalized spacial score (nSPS) is 10.4. The highest BCUT2D eigenvalue weighted by Crippen LogP contribution is 2.28. The van der Waals surface area contributed by atoms with Crippen molar-refractivity contribution in [3.05, 3.63) is 23.8 Å². The lowest BCUT2D eigenvalue weighted by molar-refractivity contribution is 0.0913. The largest absolute Gasteiger partial charge is 0.493 e. The van der Waals surface area contributed by atoms with E-state index in [9.17, 15) is 4.79 Å². The van der Waals surface area contributed by atoms with Gasteiger partial charge in [-0.2, -0.15) is 0 Å². The zero-order chi connectivity index (χ0) is 12.3. The number of ketones is 1. The summed E-state index contributed by atoms with van der Waals surface area (Å²) >= 11 is 0. The van der Waals surface area contributed by atoms with Gasteiger partial charge in [0.25, 0.3) is 0 Å². The molecule has 0 amide bonds. The Morgan fingerprint density at radius 3 is 2.12 bits per heavy atom. The Kier molecular flexibility index (Phi) is 5.45. The van der Waals surface area contributed by atoms with E-state index >= 15 is 0 Å². The van der Waals surface area contributed by atoms with Crippen molar-refractivity contribution < 1.29 is 14.3 Å². The second kappa shape index (κ2) is 5.89. The average Bonchev–Trinajstić information content (AvgIpc) is 2.25. The fourth-order valence-corrected chi connectivity index (χ4v) is 1.35. The molecular formula is C12H18ClNO3. The summed E-state index contributed by atoms with van der Waals surface area (Å²) in [6, 6.07) is 5.01. The predicted octanol–water partition coefficient (Wildman–Crippen LogP) is 2.05. The number of hydrogen-bond acceptors (Lipinski definition) is 4. The van der Waals surface area contributed by atoms with Gasteiger partial charge in [-0.05, 0) is 32.0 Å². The molecule has 0 saturated carbocycles. The van der Waals surface area contributed by atoms with Gasteiger partial charge in [-0.1, -0.05) is 0 Å². The molecule has 0 radical (unpaired) electrons. The van der Waals surface area contributed by atoms with Crippen molar-refractivity contribution in [2.45, 2.75) is 19.4 Å². The Balaban J connectivity index is 0.00000256. The van der Waals surface area contributed by atoms with Gasteiger partial charge in [0.05, 0.1) is 19.8 Å². The standard InChI is InChI=1S/C12H17NO3.ClH/c1-12(2,13)11(14)8-5-6-9(15-3)10(7-8)16-4;/h5-7H,13H2,1-4H3;1H. The molecule has 0 saturated heterocycles. The molecule has 1 aromatic rings. The zero-order valence-corrected chi connectivity index (χ0v) is 11.3. The molecule has 1 rings (SSSR count). The number of carbonyl (C=O) groups is 1. The summed E-state index contributed by atoms with van der Waals surface area (Å²) < 4.78 is 10.2. The highest BCUT2D eigenvalue weighted by molar-refractivity contribution is 6.02. The minimum absolute atomic E-state index is 0. The Morgan fingerprint density at radius 2 is 1.71 bits per heavy atom. The molecule has 0 unspecified atom stereocenters. The first-order chi connectivity index (χ1) is 7.40. The van der Waals surface area contributed by atoms with Crippen molar-refractivity contribution in [2.75, 3.05) is 14.2 Å². The van der Waals surface area contributed by atoms with Crippen molar-refractivity contribution in [3.8, 4) is 11.5 Å². The van der Waals surface area contributed by atoms with E-state index in [1.165, 1.54) is 7.11 Å². The van der Waals surface area contributed by atoms with Gasteiger partial charge in [-0.15, -0.1) is 12.4 Å². The Labute approximate surface area is 108 Å². The lowest BCUT2D eigenvalue weighted by Crippen LogP contribution is -2.41. The van der Waals surface area contributed by atoms with Gasteiger partial charge in [0.2, 0.25) is 0 Å². The van der Waals surface area contributed by atoms with E-state index in [-0.39, 0.29) is 18.2 Å². The van der Waals surface area contributed by atoms with Crippen LogP contribution in [0, 0.1) is 0 Å². The van der Waals surface area contributed by atoms with E-state index in [1.54, 1.807) is 39.2 Å². The minimum atomic E-state index is -0.889. The van der Waals surface area contributed by atoms with Crippen LogP contribution in [-0.2, 0) is 0 Å². The summed E-state index contributed by atoms with van der Waals surface area (Å²) in [5.74, 6) is 0.986. The van der Waals surface area contributed by atoms with E-state index < -0.39 is 5.54 Å². The highest BCUT2D eigenvalue weighted by Gasteiger charge is 2.24. The molecule has 2 N–H and O–H groups in total. The third-order valence-electron chi connectivity index (χ3n) is 2.23. The summed E-state index contributed by atoms with van der Waals surface area (Å²) in [6.07, 6.45) is 0. The second-order valence-electron chi connectivity index (χ2n) is 4.12. The topological polar surface area (TPSA) is 61.5 Å². The molecule has 0 fully saturated rings. The number of nitrogens with two attached hydrogens (primary N) is 1. The number of methoxy groups -OCH3 is 2. The number of ether oxygens (including phenoxy) is 2. The van der Waals surface area contributed by atoms with Crippen molar-refractivity contribution in [3.63, 3.8) is 0 Å². The van der Waals surface area contributed by atoms with E-state index in [2.05, 4.69) is 0 Å². The first kappa shape index (κ1) is 15.7. The molecule has 17 heavy (non-hydrogen) atoms. The van der Waals surface area contributed by atoms with E-state index in [1.807, 2.05) is 0 Å². The summed E-state index contributed by atoms with van der Waals surface area (Å²) in [5, 5.41) is 0. The van der Waals surface area contributed by atoms with Crippen LogP contribution in [0.2, 0.25) is 0 Å². The number of Topliss-reactive ketones (excluding diaryl/α,β-unsaturated/α-hetero) is 1. The molecule has 0 aliphatic carbocycles. The van der Waals surface area contributed by atoms with E-state index in [0.29, 0.717) is 17.1 Å². The van der Waals surface area contributed by atoms with Gasteiger partial charge in [-0.3, -0.25) is 4.79 Å². The lowest BCUT2D eigenvalue weighted by atomic mass is 9.94. The van der Waals surface area contributed by atoms with Crippen LogP contribution in [0.5, 0.6) is 11.5 Å². The lowest BCUT2D eigenvalue weighted by Gasteiger charge is -2.17. The van der Waals surface area contributed by atoms with Crippen molar-refractivity contribution in [1.82, 2.24) is 0 Å². The van der Waals surface area contributed by atoms with Crippen molar-refractivity contribution in [2.24, 2.45) is 5.73 Å². The molecule has 0 bridgehead atoms. The molecule has 96 valence electrons. The zero-order valence-electron chi connectivity index (χ0n) is 10.4. The molecule has 5 heteroatoms. The maximum atomic E-state index is 11.9. The summed E-state index contributed by atoms with van der Waals surface area (Å²) in [4.78, 5) is 11.9. The molecule has 0 aliphatic rings. The quantitative estimate of drug-likeness (QED) is 0.841. The first-order valence-electron chi connectivity index (χ1n) is 4.96. The van der Waals surface area contributed by atoms with Crippen LogP contribution in [0.25, 0.3) is 0 Å². The third kappa shape index (κ3) is 3.61. The molecule has 4 nitrogen and oxygen atoms in total. The Hall–Kier alpha value is -1.26. The van der Waals surface area contributed by atoms with Crippen molar-refractivity contribution in [1.29, 1.82) is 0 Å². The average molecular weight is 260 g/mol. The van der Waals surface area contributed by atoms with Gasteiger partial charge in [0.1, 0.15) is 0 Å². The number of hydrogen-bond donors (Lipinski definition) is 1. The Bertz CT molecular complexity index is 399. The fourth-order valence-electron chi connectivity index (χ4n) is 1.35. The first-order valence-corrected chi connectivity index (χ1v) is 4.96. The molecule has 1 aromatic carbocycles. The van der Waals surface area contributed by atoms with Crippen LogP contribution in [0.4, 0.5) is 0 Å². The number of rotatable bonds is 4. The van der Waals surface area contributed by atoms with Crippen LogP contribution >= 0.6 is 12.4 Å². The smallest absolute Gasteiger partial charge is 0.182 e. The molecular weight excluding hydrogens is 242 g/mol. The monoisotopic (exact) mass is 259 g/mol. The van der Waals surface area contributed by atoms with Crippen LogP contribution < -0.4 is 15.2 Å². The fraction of sp³-hybridized carbons (Fsp3) is 0.417.